The molecule has 2 N–H and O–H groups in total. The van der Waals surface area contributed by atoms with Crippen molar-refractivity contribution in [1.29, 1.82) is 0 Å². The molecule has 0 spiro atoms. The zero-order valence-electron chi connectivity index (χ0n) is 12.1. The lowest BCUT2D eigenvalue weighted by molar-refractivity contribution is -0.139. The summed E-state index contributed by atoms with van der Waals surface area (Å²) >= 11 is 0. The van der Waals surface area contributed by atoms with Gasteiger partial charge >= 0.3 is 5.97 Å². The van der Waals surface area contributed by atoms with Crippen LogP contribution in [0.4, 0.5) is 0 Å². The number of amides is 1. The first kappa shape index (κ1) is 15.2. The highest BCUT2D eigenvalue weighted by atomic mass is 16.6. The normalized spacial score (nSPS) is 14.6. The van der Waals surface area contributed by atoms with Crippen molar-refractivity contribution in [3.63, 3.8) is 0 Å². The van der Waals surface area contributed by atoms with E-state index in [4.69, 9.17) is 14.6 Å². The van der Waals surface area contributed by atoms with Crippen LogP contribution in [0.25, 0.3) is 0 Å². The number of rotatable bonds is 5. The molecule has 0 unspecified atom stereocenters. The Balaban J connectivity index is 2.10. The second kappa shape index (κ2) is 6.47. The Morgan fingerprint density at radius 2 is 1.90 bits per heavy atom. The second-order valence-electron chi connectivity index (χ2n) is 5.35. The number of fused-ring (bicyclic) bond motifs is 1. The molecule has 0 saturated heterocycles. The van der Waals surface area contributed by atoms with Gasteiger partial charge in [0.05, 0.1) is 0 Å². The zero-order chi connectivity index (χ0) is 15.4. The number of carbonyl (C=O) groups excluding carboxylic acids is 1. The summed E-state index contributed by atoms with van der Waals surface area (Å²) < 4.78 is 10.8. The molecule has 0 aliphatic carbocycles. The SMILES string of the molecule is CC(C)C[C@H](NC(=O)c1ccc2c(c1)OCCO2)C(=O)O. The highest BCUT2D eigenvalue weighted by Gasteiger charge is 2.22. The summed E-state index contributed by atoms with van der Waals surface area (Å²) in [6.07, 6.45) is 0.381. The van der Waals surface area contributed by atoms with E-state index in [2.05, 4.69) is 5.32 Å². The molecule has 1 amide bonds. The lowest BCUT2D eigenvalue weighted by Gasteiger charge is -2.20. The molecule has 1 aromatic carbocycles. The fourth-order valence-electron chi connectivity index (χ4n) is 2.12. The van der Waals surface area contributed by atoms with Crippen molar-refractivity contribution in [3.05, 3.63) is 23.8 Å². The molecule has 0 fully saturated rings. The molecule has 21 heavy (non-hydrogen) atoms. The highest BCUT2D eigenvalue weighted by molar-refractivity contribution is 5.97. The van der Waals surface area contributed by atoms with Gasteiger partial charge in [0.1, 0.15) is 19.3 Å². The van der Waals surface area contributed by atoms with E-state index in [1.165, 1.54) is 0 Å². The Bertz CT molecular complexity index is 541. The maximum absolute atomic E-state index is 12.2. The molecule has 1 aliphatic heterocycles. The van der Waals surface area contributed by atoms with Crippen LogP contribution in [0.5, 0.6) is 11.5 Å². The molecule has 1 aliphatic rings. The fourth-order valence-corrected chi connectivity index (χ4v) is 2.12. The summed E-state index contributed by atoms with van der Waals surface area (Å²) in [5.74, 6) is -0.194. The number of hydrogen-bond acceptors (Lipinski definition) is 4. The molecule has 0 saturated carbocycles. The number of carbonyl (C=O) groups is 2. The van der Waals surface area contributed by atoms with Gasteiger partial charge in [-0.05, 0) is 30.5 Å². The van der Waals surface area contributed by atoms with E-state index in [-0.39, 0.29) is 5.92 Å². The average molecular weight is 293 g/mol. The molecule has 1 heterocycles. The summed E-state index contributed by atoms with van der Waals surface area (Å²) in [5.41, 5.74) is 0.356. The van der Waals surface area contributed by atoms with Gasteiger partial charge in [0.2, 0.25) is 0 Å². The number of hydrogen-bond donors (Lipinski definition) is 2. The number of nitrogens with one attached hydrogen (secondary N) is 1. The van der Waals surface area contributed by atoms with Crippen molar-refractivity contribution < 1.29 is 24.2 Å². The Morgan fingerprint density at radius 3 is 2.52 bits per heavy atom. The van der Waals surface area contributed by atoms with Gasteiger partial charge < -0.3 is 19.9 Å². The second-order valence-corrected chi connectivity index (χ2v) is 5.35. The van der Waals surface area contributed by atoms with Gasteiger partial charge in [0.15, 0.2) is 11.5 Å². The van der Waals surface area contributed by atoms with Crippen molar-refractivity contribution in [3.8, 4) is 11.5 Å². The fraction of sp³-hybridized carbons (Fsp3) is 0.467. The van der Waals surface area contributed by atoms with Crippen LogP contribution in [0, 0.1) is 5.92 Å². The molecule has 0 radical (unpaired) electrons. The molecule has 1 aromatic rings. The van der Waals surface area contributed by atoms with Crippen molar-refractivity contribution in [2.75, 3.05) is 13.2 Å². The van der Waals surface area contributed by atoms with E-state index in [1.807, 2.05) is 13.8 Å². The van der Waals surface area contributed by atoms with Crippen LogP contribution in [0.2, 0.25) is 0 Å². The number of ether oxygens (including phenoxy) is 2. The minimum atomic E-state index is -1.03. The van der Waals surface area contributed by atoms with Gasteiger partial charge in [-0.25, -0.2) is 4.79 Å². The number of benzene rings is 1. The smallest absolute Gasteiger partial charge is 0.326 e. The average Bonchev–Trinajstić information content (AvgIpc) is 2.45. The summed E-state index contributed by atoms with van der Waals surface area (Å²) in [4.78, 5) is 23.3. The van der Waals surface area contributed by atoms with E-state index in [9.17, 15) is 9.59 Å². The summed E-state index contributed by atoms with van der Waals surface area (Å²) in [6.45, 7) is 4.73. The van der Waals surface area contributed by atoms with Crippen LogP contribution >= 0.6 is 0 Å². The molecular weight excluding hydrogens is 274 g/mol. The number of carboxylic acids is 1. The van der Waals surface area contributed by atoms with Crippen molar-refractivity contribution in [1.82, 2.24) is 5.32 Å². The molecule has 2 rings (SSSR count). The standard InChI is InChI=1S/C15H19NO5/c1-9(2)7-11(15(18)19)16-14(17)10-3-4-12-13(8-10)21-6-5-20-12/h3-4,8-9,11H,5-7H2,1-2H3,(H,16,17)(H,18,19)/t11-/m0/s1. The maximum Gasteiger partial charge on any atom is 0.326 e. The van der Waals surface area contributed by atoms with E-state index in [1.54, 1.807) is 18.2 Å². The number of carboxylic acid groups (broad SMARTS) is 1. The molecule has 0 aromatic heterocycles. The van der Waals surface area contributed by atoms with E-state index in [0.717, 1.165) is 0 Å². The predicted octanol–water partition coefficient (Wildman–Crippen LogP) is 1.69. The van der Waals surface area contributed by atoms with Crippen molar-refractivity contribution in [2.45, 2.75) is 26.3 Å². The van der Waals surface area contributed by atoms with E-state index >= 15 is 0 Å². The van der Waals surface area contributed by atoms with Gasteiger partial charge in [-0.1, -0.05) is 13.8 Å². The van der Waals surface area contributed by atoms with Gasteiger partial charge in [0, 0.05) is 5.56 Å². The Kier molecular flexibility index (Phi) is 4.67. The molecule has 1 atom stereocenters. The number of aliphatic carboxylic acids is 1. The maximum atomic E-state index is 12.2. The molecule has 114 valence electrons. The molecule has 0 bridgehead atoms. The third-order valence-electron chi connectivity index (χ3n) is 3.11. The first-order valence-corrected chi connectivity index (χ1v) is 6.90. The van der Waals surface area contributed by atoms with E-state index < -0.39 is 17.9 Å². The minimum Gasteiger partial charge on any atom is -0.486 e. The largest absolute Gasteiger partial charge is 0.486 e. The molecule has 6 heteroatoms. The molecule has 6 nitrogen and oxygen atoms in total. The third-order valence-corrected chi connectivity index (χ3v) is 3.11. The first-order valence-electron chi connectivity index (χ1n) is 6.90. The Hall–Kier alpha value is -2.24. The van der Waals surface area contributed by atoms with Crippen LogP contribution in [-0.2, 0) is 4.79 Å². The highest BCUT2D eigenvalue weighted by Crippen LogP contribution is 2.30. The topological polar surface area (TPSA) is 84.9 Å². The Labute approximate surface area is 123 Å². The summed E-state index contributed by atoms with van der Waals surface area (Å²) in [7, 11) is 0. The van der Waals surface area contributed by atoms with Crippen LogP contribution in [0.1, 0.15) is 30.6 Å². The van der Waals surface area contributed by atoms with E-state index in [0.29, 0.717) is 36.7 Å². The van der Waals surface area contributed by atoms with Gasteiger partial charge in [0.25, 0.3) is 5.91 Å². The van der Waals surface area contributed by atoms with Gasteiger partial charge in [-0.3, -0.25) is 4.79 Å². The summed E-state index contributed by atoms with van der Waals surface area (Å²) in [5, 5.41) is 11.7. The van der Waals surface area contributed by atoms with Gasteiger partial charge in [-0.15, -0.1) is 0 Å². The third kappa shape index (κ3) is 3.87. The first-order chi connectivity index (χ1) is 9.97. The Morgan fingerprint density at radius 1 is 1.24 bits per heavy atom. The van der Waals surface area contributed by atoms with Gasteiger partial charge in [-0.2, -0.15) is 0 Å². The predicted molar refractivity (Wildman–Crippen MR) is 75.8 cm³/mol. The van der Waals surface area contributed by atoms with Crippen LogP contribution < -0.4 is 14.8 Å². The minimum absolute atomic E-state index is 0.173. The molecular formula is C15H19NO5. The van der Waals surface area contributed by atoms with Crippen LogP contribution in [0.15, 0.2) is 18.2 Å². The summed E-state index contributed by atoms with van der Waals surface area (Å²) in [6, 6.07) is 3.92. The monoisotopic (exact) mass is 293 g/mol. The van der Waals surface area contributed by atoms with Crippen LogP contribution in [0.3, 0.4) is 0 Å². The van der Waals surface area contributed by atoms with Crippen LogP contribution in [-0.4, -0.2) is 36.2 Å². The van der Waals surface area contributed by atoms with Crippen molar-refractivity contribution in [2.24, 2.45) is 5.92 Å². The lowest BCUT2D eigenvalue weighted by atomic mass is 10.0. The zero-order valence-corrected chi connectivity index (χ0v) is 12.1. The van der Waals surface area contributed by atoms with Crippen molar-refractivity contribution >= 4 is 11.9 Å². The quantitative estimate of drug-likeness (QED) is 0.863. The lowest BCUT2D eigenvalue weighted by Crippen LogP contribution is -2.41.